The van der Waals surface area contributed by atoms with Gasteiger partial charge >= 0.3 is 6.03 Å². The minimum absolute atomic E-state index is 0.0461. The highest BCUT2D eigenvalue weighted by molar-refractivity contribution is 7.92. The van der Waals surface area contributed by atoms with Crippen LogP contribution in [0.15, 0.2) is 6.20 Å². The molecule has 2 fully saturated rings. The number of aromatic nitrogens is 2. The smallest absolute Gasteiger partial charge is 0.318 e. The molecule has 0 aromatic carbocycles. The molecule has 2 unspecified atom stereocenters. The van der Waals surface area contributed by atoms with Crippen LogP contribution in [-0.4, -0.2) is 53.4 Å². The number of nitrogens with one attached hydrogen (secondary N) is 1. The van der Waals surface area contributed by atoms with Crippen LogP contribution in [-0.2, 0) is 21.7 Å². The third-order valence-electron chi connectivity index (χ3n) is 5.90. The number of fused-ring (bicyclic) bond motifs is 4. The molecule has 0 aliphatic carbocycles. The molecule has 0 saturated carbocycles. The fraction of sp³-hybridized carbons (Fsp3) is 0.737. The molecular weight excluding hydrogens is 364 g/mol. The summed E-state index contributed by atoms with van der Waals surface area (Å²) >= 11 is 0. The molecule has 3 aliphatic heterocycles. The Morgan fingerprint density at radius 1 is 1.30 bits per heavy atom. The first kappa shape index (κ1) is 18.7. The molecule has 4 heterocycles. The van der Waals surface area contributed by atoms with Gasteiger partial charge in [0.2, 0.25) is 0 Å². The van der Waals surface area contributed by atoms with Crippen LogP contribution < -0.4 is 5.32 Å². The number of carbonyl (C=O) groups is 1. The summed E-state index contributed by atoms with van der Waals surface area (Å²) in [6.45, 7) is 6.86. The maximum Gasteiger partial charge on any atom is 0.318 e. The van der Waals surface area contributed by atoms with E-state index >= 15 is 0 Å². The van der Waals surface area contributed by atoms with Gasteiger partial charge in [-0.25, -0.2) is 23.2 Å². The fourth-order valence-corrected chi connectivity index (χ4v) is 6.13. The van der Waals surface area contributed by atoms with E-state index in [1.165, 1.54) is 0 Å². The number of carbonyl (C=O) groups excluding carboxylic acids is 1. The molecule has 0 radical (unpaired) electrons. The lowest BCUT2D eigenvalue weighted by Gasteiger charge is -2.36. The Bertz CT molecular complexity index is 850. The first-order valence-corrected chi connectivity index (χ1v) is 11.6. The van der Waals surface area contributed by atoms with E-state index in [-0.39, 0.29) is 41.0 Å². The van der Waals surface area contributed by atoms with Gasteiger partial charge in [0, 0.05) is 36.2 Å². The summed E-state index contributed by atoms with van der Waals surface area (Å²) in [6.07, 6.45) is 5.35. The highest BCUT2D eigenvalue weighted by Gasteiger charge is 2.44. The maximum absolute atomic E-state index is 12.8. The third kappa shape index (κ3) is 3.56. The zero-order chi connectivity index (χ0) is 19.4. The van der Waals surface area contributed by atoms with Gasteiger partial charge in [-0.15, -0.1) is 0 Å². The summed E-state index contributed by atoms with van der Waals surface area (Å²) in [7, 11) is -2.79. The first-order valence-electron chi connectivity index (χ1n) is 9.77. The molecular formula is C19H28N4O3S. The van der Waals surface area contributed by atoms with Crippen molar-refractivity contribution in [3.8, 4) is 0 Å². The first-order chi connectivity index (χ1) is 12.6. The Labute approximate surface area is 160 Å². The predicted molar refractivity (Wildman–Crippen MR) is 102 cm³/mol. The van der Waals surface area contributed by atoms with E-state index in [2.05, 4.69) is 31.1 Å². The summed E-state index contributed by atoms with van der Waals surface area (Å²) in [5, 5.41) is 3.00. The second-order valence-electron chi connectivity index (χ2n) is 9.17. The molecule has 2 amide bonds. The minimum Gasteiger partial charge on any atom is -0.338 e. The highest BCUT2D eigenvalue weighted by atomic mass is 32.2. The molecule has 2 saturated heterocycles. The van der Waals surface area contributed by atoms with E-state index < -0.39 is 9.84 Å². The maximum atomic E-state index is 12.8. The van der Waals surface area contributed by atoms with Crippen molar-refractivity contribution in [2.24, 2.45) is 5.92 Å². The van der Waals surface area contributed by atoms with Crippen LogP contribution in [0.2, 0.25) is 0 Å². The van der Waals surface area contributed by atoms with Crippen LogP contribution in [0.4, 0.5) is 4.79 Å². The van der Waals surface area contributed by atoms with Crippen LogP contribution in [0.5, 0.6) is 0 Å². The summed E-state index contributed by atoms with van der Waals surface area (Å²) < 4.78 is 22.5. The summed E-state index contributed by atoms with van der Waals surface area (Å²) in [4.78, 5) is 24.1. The van der Waals surface area contributed by atoms with Crippen molar-refractivity contribution < 1.29 is 13.2 Å². The van der Waals surface area contributed by atoms with Crippen molar-refractivity contribution in [3.05, 3.63) is 23.3 Å². The second-order valence-corrected chi connectivity index (χ2v) is 11.3. The van der Waals surface area contributed by atoms with Gasteiger partial charge in [0.25, 0.3) is 0 Å². The van der Waals surface area contributed by atoms with Crippen molar-refractivity contribution >= 4 is 15.9 Å². The van der Waals surface area contributed by atoms with Crippen LogP contribution >= 0.6 is 0 Å². The number of rotatable bonds is 3. The standard InChI is InChI=1S/C19H28N4O3S/c1-19(2,3)17-21-9-14-15(22-17)8-13-4-5-16(14)23(13)18(24)20-7-6-12-10-27(25,26)11-12/h9,12-13,16H,4-8,10-11H2,1-3H3,(H,20,24). The molecule has 3 aliphatic rings. The molecule has 4 rings (SSSR count). The number of sulfone groups is 1. The van der Waals surface area contributed by atoms with Crippen molar-refractivity contribution in [2.45, 2.75) is 64.0 Å². The van der Waals surface area contributed by atoms with Gasteiger partial charge in [-0.2, -0.15) is 0 Å². The molecule has 0 spiro atoms. The van der Waals surface area contributed by atoms with Crippen LogP contribution in [0, 0.1) is 5.92 Å². The normalized spacial score (nSPS) is 26.4. The Kier molecular flexibility index (Phi) is 4.44. The van der Waals surface area contributed by atoms with Gasteiger partial charge in [-0.05, 0) is 25.2 Å². The van der Waals surface area contributed by atoms with Gasteiger partial charge in [0.05, 0.1) is 23.2 Å². The third-order valence-corrected chi connectivity index (χ3v) is 7.86. The average Bonchev–Trinajstić information content (AvgIpc) is 2.87. The molecule has 2 bridgehead atoms. The van der Waals surface area contributed by atoms with Crippen molar-refractivity contribution in [1.29, 1.82) is 0 Å². The Morgan fingerprint density at radius 2 is 2.04 bits per heavy atom. The summed E-state index contributed by atoms with van der Waals surface area (Å²) in [5.41, 5.74) is 2.08. The lowest BCUT2D eigenvalue weighted by molar-refractivity contribution is 0.164. The molecule has 7 nitrogen and oxygen atoms in total. The number of amides is 2. The van der Waals surface area contributed by atoms with Crippen molar-refractivity contribution in [3.63, 3.8) is 0 Å². The predicted octanol–water partition coefficient (Wildman–Crippen LogP) is 1.98. The second kappa shape index (κ2) is 6.43. The van der Waals surface area contributed by atoms with Gasteiger partial charge in [0.1, 0.15) is 5.82 Å². The monoisotopic (exact) mass is 392 g/mol. The zero-order valence-corrected chi connectivity index (χ0v) is 17.1. The largest absolute Gasteiger partial charge is 0.338 e. The number of nitrogens with zero attached hydrogens (tertiary/aromatic N) is 3. The molecule has 2 atom stereocenters. The zero-order valence-electron chi connectivity index (χ0n) is 16.2. The molecule has 1 N–H and O–H groups in total. The topological polar surface area (TPSA) is 92.3 Å². The Hall–Kier alpha value is -1.70. The molecule has 1 aromatic rings. The van der Waals surface area contributed by atoms with E-state index in [0.29, 0.717) is 6.54 Å². The van der Waals surface area contributed by atoms with Crippen molar-refractivity contribution in [2.75, 3.05) is 18.1 Å². The summed E-state index contributed by atoms with van der Waals surface area (Å²) in [5.74, 6) is 1.57. The van der Waals surface area contributed by atoms with Gasteiger partial charge in [0.15, 0.2) is 9.84 Å². The van der Waals surface area contributed by atoms with Crippen LogP contribution in [0.1, 0.15) is 63.2 Å². The van der Waals surface area contributed by atoms with E-state index in [1.54, 1.807) is 0 Å². The SMILES string of the molecule is CC(C)(C)c1ncc2c(n1)CC1CCC2N1C(=O)NCCC1CS(=O)(=O)C1. The quantitative estimate of drug-likeness (QED) is 0.849. The van der Waals surface area contributed by atoms with E-state index in [9.17, 15) is 13.2 Å². The van der Waals surface area contributed by atoms with Crippen LogP contribution in [0.25, 0.3) is 0 Å². The van der Waals surface area contributed by atoms with Gasteiger partial charge < -0.3 is 10.2 Å². The highest BCUT2D eigenvalue weighted by Crippen LogP contribution is 2.43. The number of urea groups is 1. The van der Waals surface area contributed by atoms with Gasteiger partial charge in [-0.1, -0.05) is 20.8 Å². The van der Waals surface area contributed by atoms with E-state index in [4.69, 9.17) is 4.98 Å². The molecule has 8 heteroatoms. The number of hydrogen-bond acceptors (Lipinski definition) is 5. The lowest BCUT2D eigenvalue weighted by Crippen LogP contribution is -2.48. The molecule has 1 aromatic heterocycles. The molecule has 148 valence electrons. The minimum atomic E-state index is -2.79. The number of hydrogen-bond donors (Lipinski definition) is 1. The Balaban J connectivity index is 1.41. The lowest BCUT2D eigenvalue weighted by atomic mass is 9.93. The van der Waals surface area contributed by atoms with Crippen molar-refractivity contribution in [1.82, 2.24) is 20.2 Å². The van der Waals surface area contributed by atoms with Gasteiger partial charge in [-0.3, -0.25) is 0 Å². The van der Waals surface area contributed by atoms with E-state index in [1.807, 2.05) is 11.1 Å². The summed E-state index contributed by atoms with van der Waals surface area (Å²) in [6, 6.07) is 0.196. The average molecular weight is 393 g/mol. The molecule has 27 heavy (non-hydrogen) atoms. The van der Waals surface area contributed by atoms with E-state index in [0.717, 1.165) is 42.8 Å². The Morgan fingerprint density at radius 3 is 2.70 bits per heavy atom. The fourth-order valence-electron chi connectivity index (χ4n) is 4.46. The van der Waals surface area contributed by atoms with Crippen LogP contribution in [0.3, 0.4) is 0 Å².